The van der Waals surface area contributed by atoms with Crippen molar-refractivity contribution in [1.82, 2.24) is 4.98 Å². The molecule has 0 aromatic carbocycles. The van der Waals surface area contributed by atoms with Gasteiger partial charge in [0.25, 0.3) is 5.91 Å². The monoisotopic (exact) mass is 304 g/mol. The van der Waals surface area contributed by atoms with Gasteiger partial charge >= 0.3 is 5.97 Å². The summed E-state index contributed by atoms with van der Waals surface area (Å²) < 4.78 is 2.16. The Hall–Kier alpha value is -2.25. The molecule has 0 saturated heterocycles. The summed E-state index contributed by atoms with van der Waals surface area (Å²) in [7, 11) is 0. The maximum absolute atomic E-state index is 12.0. The number of aromatic nitrogens is 1. The van der Waals surface area contributed by atoms with Gasteiger partial charge in [0.05, 0.1) is 10.4 Å². The molecule has 3 aromatic heterocycles. The number of carboxylic acid groups (broad SMARTS) is 1. The van der Waals surface area contributed by atoms with E-state index in [0.717, 1.165) is 9.40 Å². The lowest BCUT2D eigenvalue weighted by Crippen LogP contribution is -2.11. The van der Waals surface area contributed by atoms with Gasteiger partial charge in [-0.15, -0.1) is 22.7 Å². The summed E-state index contributed by atoms with van der Waals surface area (Å²) >= 11 is 3.00. The fraction of sp³-hybridized carbons (Fsp3) is 0. The van der Waals surface area contributed by atoms with Crippen LogP contribution in [0.1, 0.15) is 20.0 Å². The highest BCUT2D eigenvalue weighted by atomic mass is 32.1. The van der Waals surface area contributed by atoms with Crippen LogP contribution in [0.25, 0.3) is 9.40 Å². The number of hydrogen-bond donors (Lipinski definition) is 2. The lowest BCUT2D eigenvalue weighted by molar-refractivity contribution is 0.0696. The average molecular weight is 304 g/mol. The van der Waals surface area contributed by atoms with Crippen molar-refractivity contribution < 1.29 is 14.7 Å². The van der Waals surface area contributed by atoms with Crippen molar-refractivity contribution in [3.63, 3.8) is 0 Å². The standard InChI is InChI=1S/C13H8N2O3S2/c16-12(10-5-9-8(20-10)3-4-19-9)15-11-2-1-7(6-14-11)13(17)18/h1-6H,(H,17,18)(H,14,15,16). The van der Waals surface area contributed by atoms with Gasteiger partial charge in [0.1, 0.15) is 5.82 Å². The van der Waals surface area contributed by atoms with Crippen molar-refractivity contribution in [3.8, 4) is 0 Å². The van der Waals surface area contributed by atoms with Gasteiger partial charge in [-0.3, -0.25) is 4.79 Å². The molecule has 20 heavy (non-hydrogen) atoms. The summed E-state index contributed by atoms with van der Waals surface area (Å²) in [4.78, 5) is 27.3. The molecule has 0 aliphatic carbocycles. The van der Waals surface area contributed by atoms with E-state index in [9.17, 15) is 9.59 Å². The molecule has 100 valence electrons. The number of carbonyl (C=O) groups excluding carboxylic acids is 1. The van der Waals surface area contributed by atoms with Crippen LogP contribution in [0.2, 0.25) is 0 Å². The van der Waals surface area contributed by atoms with Crippen molar-refractivity contribution in [1.29, 1.82) is 0 Å². The second-order valence-electron chi connectivity index (χ2n) is 3.95. The average Bonchev–Trinajstić information content (AvgIpc) is 2.99. The Balaban J connectivity index is 1.78. The van der Waals surface area contributed by atoms with Crippen molar-refractivity contribution in [2.24, 2.45) is 0 Å². The molecule has 3 aromatic rings. The van der Waals surface area contributed by atoms with Crippen LogP contribution in [0.3, 0.4) is 0 Å². The molecule has 0 saturated carbocycles. The molecule has 0 unspecified atom stereocenters. The number of nitrogens with one attached hydrogen (secondary N) is 1. The zero-order valence-corrected chi connectivity index (χ0v) is 11.6. The van der Waals surface area contributed by atoms with E-state index in [1.807, 2.05) is 17.5 Å². The largest absolute Gasteiger partial charge is 0.478 e. The van der Waals surface area contributed by atoms with E-state index >= 15 is 0 Å². The van der Waals surface area contributed by atoms with Gasteiger partial charge in [-0.05, 0) is 29.6 Å². The number of amides is 1. The number of hydrogen-bond acceptors (Lipinski definition) is 5. The molecule has 7 heteroatoms. The number of carboxylic acids is 1. The van der Waals surface area contributed by atoms with Gasteiger partial charge in [-0.25, -0.2) is 9.78 Å². The minimum atomic E-state index is -1.05. The number of thiophene rings is 2. The SMILES string of the molecule is O=C(O)c1ccc(NC(=O)c2cc3sccc3s2)nc1. The molecular weight excluding hydrogens is 296 g/mol. The number of aromatic carboxylic acids is 1. The van der Waals surface area contributed by atoms with Crippen LogP contribution < -0.4 is 5.32 Å². The van der Waals surface area contributed by atoms with Crippen molar-refractivity contribution in [2.75, 3.05) is 5.32 Å². The summed E-state index contributed by atoms with van der Waals surface area (Å²) in [5.74, 6) is -0.959. The maximum Gasteiger partial charge on any atom is 0.337 e. The molecular formula is C13H8N2O3S2. The Kier molecular flexibility index (Phi) is 3.21. The van der Waals surface area contributed by atoms with Crippen LogP contribution >= 0.6 is 22.7 Å². The zero-order chi connectivity index (χ0) is 14.1. The molecule has 0 aliphatic rings. The van der Waals surface area contributed by atoms with Gasteiger partial charge < -0.3 is 10.4 Å². The van der Waals surface area contributed by atoms with E-state index in [1.165, 1.54) is 29.7 Å². The second-order valence-corrected chi connectivity index (χ2v) is 5.98. The first-order valence-electron chi connectivity index (χ1n) is 5.61. The normalized spacial score (nSPS) is 10.6. The summed E-state index contributed by atoms with van der Waals surface area (Å²) in [5, 5.41) is 13.4. The predicted octanol–water partition coefficient (Wildman–Crippen LogP) is 3.31. The minimum absolute atomic E-state index is 0.0830. The Morgan fingerprint density at radius 3 is 2.70 bits per heavy atom. The molecule has 0 atom stereocenters. The van der Waals surface area contributed by atoms with Gasteiger partial charge in [0.2, 0.25) is 0 Å². The highest BCUT2D eigenvalue weighted by molar-refractivity contribution is 7.27. The zero-order valence-electron chi connectivity index (χ0n) is 9.99. The smallest absolute Gasteiger partial charge is 0.337 e. The van der Waals surface area contributed by atoms with Crippen molar-refractivity contribution in [2.45, 2.75) is 0 Å². The minimum Gasteiger partial charge on any atom is -0.478 e. The molecule has 0 radical (unpaired) electrons. The van der Waals surface area contributed by atoms with Gasteiger partial charge in [0, 0.05) is 15.6 Å². The van der Waals surface area contributed by atoms with Crippen molar-refractivity contribution >= 4 is 49.8 Å². The van der Waals surface area contributed by atoms with E-state index in [1.54, 1.807) is 11.3 Å². The Morgan fingerprint density at radius 1 is 1.20 bits per heavy atom. The highest BCUT2D eigenvalue weighted by Gasteiger charge is 2.12. The molecule has 2 N–H and O–H groups in total. The van der Waals surface area contributed by atoms with Crippen LogP contribution in [-0.2, 0) is 0 Å². The second kappa shape index (κ2) is 5.03. The molecule has 0 bridgehead atoms. The quantitative estimate of drug-likeness (QED) is 0.778. The van der Waals surface area contributed by atoms with E-state index in [4.69, 9.17) is 5.11 Å². The lowest BCUT2D eigenvalue weighted by Gasteiger charge is -2.02. The molecule has 3 heterocycles. The highest BCUT2D eigenvalue weighted by Crippen LogP contribution is 2.30. The van der Waals surface area contributed by atoms with Crippen LogP contribution in [0.4, 0.5) is 5.82 Å². The Labute approximate surface area is 121 Å². The van der Waals surface area contributed by atoms with Crippen LogP contribution in [0, 0.1) is 0 Å². The first-order chi connectivity index (χ1) is 9.63. The van der Waals surface area contributed by atoms with Gasteiger partial charge in [0.15, 0.2) is 0 Å². The third-order valence-corrected chi connectivity index (χ3v) is 4.71. The number of fused-ring (bicyclic) bond motifs is 1. The Morgan fingerprint density at radius 2 is 2.05 bits per heavy atom. The molecule has 3 rings (SSSR count). The van der Waals surface area contributed by atoms with Crippen molar-refractivity contribution in [3.05, 3.63) is 46.3 Å². The fourth-order valence-electron chi connectivity index (χ4n) is 1.65. The topological polar surface area (TPSA) is 79.3 Å². The fourth-order valence-corrected chi connectivity index (χ4v) is 3.65. The Bertz CT molecular complexity index is 761. The van der Waals surface area contributed by atoms with Crippen LogP contribution in [0.5, 0.6) is 0 Å². The first kappa shape index (κ1) is 12.8. The summed E-state index contributed by atoms with van der Waals surface area (Å²) in [5.41, 5.74) is 0.0830. The van der Waals surface area contributed by atoms with Crippen LogP contribution in [0.15, 0.2) is 35.8 Å². The third kappa shape index (κ3) is 2.40. The molecule has 0 spiro atoms. The summed E-state index contributed by atoms with van der Waals surface area (Å²) in [6.07, 6.45) is 1.21. The molecule has 0 fully saturated rings. The third-order valence-electron chi connectivity index (χ3n) is 2.62. The van der Waals surface area contributed by atoms with Gasteiger partial charge in [-0.2, -0.15) is 0 Å². The van der Waals surface area contributed by atoms with E-state index in [-0.39, 0.29) is 11.5 Å². The summed E-state index contributed by atoms with van der Waals surface area (Å²) in [6, 6.07) is 6.68. The molecule has 1 amide bonds. The van der Waals surface area contributed by atoms with Gasteiger partial charge in [-0.1, -0.05) is 0 Å². The molecule has 5 nitrogen and oxygen atoms in total. The van der Waals surface area contributed by atoms with Crippen LogP contribution in [-0.4, -0.2) is 22.0 Å². The number of carbonyl (C=O) groups is 2. The maximum atomic E-state index is 12.0. The first-order valence-corrected chi connectivity index (χ1v) is 7.31. The number of anilines is 1. The lowest BCUT2D eigenvalue weighted by atomic mass is 10.3. The van der Waals surface area contributed by atoms with E-state index < -0.39 is 5.97 Å². The molecule has 0 aliphatic heterocycles. The van der Waals surface area contributed by atoms with E-state index in [0.29, 0.717) is 10.7 Å². The van der Waals surface area contributed by atoms with E-state index in [2.05, 4.69) is 10.3 Å². The predicted molar refractivity (Wildman–Crippen MR) is 78.9 cm³/mol. The number of nitrogens with zero attached hydrogens (tertiary/aromatic N) is 1. The number of pyridine rings is 1. The number of rotatable bonds is 3. The summed E-state index contributed by atoms with van der Waals surface area (Å²) in [6.45, 7) is 0.